The van der Waals surface area contributed by atoms with E-state index in [0.717, 1.165) is 23.5 Å². The molecule has 6 heteroatoms. The normalized spacial score (nSPS) is 10.8. The Kier molecular flexibility index (Phi) is 5.99. The van der Waals surface area contributed by atoms with Crippen LogP contribution >= 0.6 is 0 Å². The first-order valence-electron chi connectivity index (χ1n) is 8.97. The Balaban J connectivity index is 1.74. The smallest absolute Gasteiger partial charge is 0.257 e. The molecule has 0 atom stereocenters. The number of amides is 1. The third-order valence-corrected chi connectivity index (χ3v) is 4.30. The molecule has 0 aliphatic carbocycles. The second-order valence-corrected chi connectivity index (χ2v) is 6.69. The van der Waals surface area contributed by atoms with Gasteiger partial charge < -0.3 is 10.2 Å². The van der Waals surface area contributed by atoms with Crippen molar-refractivity contribution in [2.45, 2.75) is 26.4 Å². The molecule has 1 N–H and O–H groups in total. The number of pyridine rings is 1. The monoisotopic (exact) mass is 381 g/mol. The van der Waals surface area contributed by atoms with Gasteiger partial charge in [0.25, 0.3) is 5.91 Å². The van der Waals surface area contributed by atoms with Crippen LogP contribution in [0.3, 0.4) is 0 Å². The van der Waals surface area contributed by atoms with Crippen LogP contribution in [0.2, 0.25) is 0 Å². The highest BCUT2D eigenvalue weighted by Gasteiger charge is 2.15. The molecule has 1 aromatic heterocycles. The molecular weight excluding hydrogens is 360 g/mol. The van der Waals surface area contributed by atoms with E-state index in [-0.39, 0.29) is 17.3 Å². The lowest BCUT2D eigenvalue weighted by Crippen LogP contribution is -2.31. The van der Waals surface area contributed by atoms with E-state index in [1.165, 1.54) is 12.3 Å². The maximum Gasteiger partial charge on any atom is 0.257 e. The van der Waals surface area contributed by atoms with Crippen molar-refractivity contribution in [3.05, 3.63) is 89.6 Å². The van der Waals surface area contributed by atoms with Crippen LogP contribution in [0.5, 0.6) is 0 Å². The van der Waals surface area contributed by atoms with E-state index in [1.807, 2.05) is 18.2 Å². The summed E-state index contributed by atoms with van der Waals surface area (Å²) >= 11 is 0. The molecule has 2 aromatic carbocycles. The lowest BCUT2D eigenvalue weighted by Gasteiger charge is -2.28. The van der Waals surface area contributed by atoms with E-state index in [1.54, 1.807) is 12.1 Å². The quantitative estimate of drug-likeness (QED) is 0.652. The van der Waals surface area contributed by atoms with Crippen LogP contribution < -0.4 is 10.2 Å². The molecular formula is C22H21F2N3O. The number of aromatic nitrogens is 1. The fourth-order valence-electron chi connectivity index (χ4n) is 2.78. The molecule has 0 unspecified atom stereocenters. The molecule has 0 saturated heterocycles. The number of carbonyl (C=O) groups excluding carboxylic acids is 1. The highest BCUT2D eigenvalue weighted by Crippen LogP contribution is 2.20. The van der Waals surface area contributed by atoms with Crippen LogP contribution in [-0.2, 0) is 6.54 Å². The molecule has 0 bridgehead atoms. The predicted octanol–water partition coefficient (Wildman–Crippen LogP) is 5.03. The van der Waals surface area contributed by atoms with E-state index in [0.29, 0.717) is 6.54 Å². The maximum absolute atomic E-state index is 13.7. The third-order valence-electron chi connectivity index (χ3n) is 4.30. The first-order valence-corrected chi connectivity index (χ1v) is 8.97. The molecule has 3 aromatic rings. The molecule has 144 valence electrons. The molecule has 0 fully saturated rings. The second kappa shape index (κ2) is 8.61. The van der Waals surface area contributed by atoms with Gasteiger partial charge in [0.05, 0.1) is 11.3 Å². The molecule has 1 amide bonds. The highest BCUT2D eigenvalue weighted by molar-refractivity contribution is 6.04. The molecule has 4 nitrogen and oxygen atoms in total. The Hall–Kier alpha value is -3.28. The van der Waals surface area contributed by atoms with Crippen LogP contribution in [0.1, 0.15) is 29.8 Å². The van der Waals surface area contributed by atoms with E-state index in [2.05, 4.69) is 41.2 Å². The van der Waals surface area contributed by atoms with Crippen LogP contribution in [0.4, 0.5) is 20.3 Å². The fraction of sp³-hybridized carbons (Fsp3) is 0.182. The van der Waals surface area contributed by atoms with Crippen molar-refractivity contribution in [3.63, 3.8) is 0 Å². The Morgan fingerprint density at radius 2 is 1.82 bits per heavy atom. The summed E-state index contributed by atoms with van der Waals surface area (Å²) in [6, 6.07) is 16.7. The van der Waals surface area contributed by atoms with Gasteiger partial charge >= 0.3 is 0 Å². The van der Waals surface area contributed by atoms with E-state index in [9.17, 15) is 13.6 Å². The van der Waals surface area contributed by atoms with Gasteiger partial charge in [-0.1, -0.05) is 30.3 Å². The number of hydrogen-bond acceptors (Lipinski definition) is 3. The molecule has 0 spiro atoms. The zero-order chi connectivity index (χ0) is 20.1. The Morgan fingerprint density at radius 1 is 1.07 bits per heavy atom. The molecule has 0 saturated carbocycles. The number of nitrogens with one attached hydrogen (secondary N) is 1. The molecule has 28 heavy (non-hydrogen) atoms. The highest BCUT2D eigenvalue weighted by atomic mass is 19.1. The van der Waals surface area contributed by atoms with Crippen molar-refractivity contribution in [2.75, 3.05) is 10.2 Å². The average Bonchev–Trinajstić information content (AvgIpc) is 2.69. The van der Waals surface area contributed by atoms with Crippen molar-refractivity contribution in [3.8, 4) is 0 Å². The van der Waals surface area contributed by atoms with Gasteiger partial charge in [0.1, 0.15) is 17.5 Å². The Morgan fingerprint density at radius 3 is 2.43 bits per heavy atom. The first kappa shape index (κ1) is 19.5. The van der Waals surface area contributed by atoms with Gasteiger partial charge in [0, 0.05) is 24.8 Å². The third kappa shape index (κ3) is 4.71. The summed E-state index contributed by atoms with van der Waals surface area (Å²) < 4.78 is 26.7. The average molecular weight is 381 g/mol. The largest absolute Gasteiger partial charge is 0.350 e. The second-order valence-electron chi connectivity index (χ2n) is 6.69. The van der Waals surface area contributed by atoms with Crippen molar-refractivity contribution < 1.29 is 13.6 Å². The van der Waals surface area contributed by atoms with E-state index in [4.69, 9.17) is 0 Å². The molecule has 0 aliphatic rings. The van der Waals surface area contributed by atoms with Crippen molar-refractivity contribution >= 4 is 17.4 Å². The van der Waals surface area contributed by atoms with Gasteiger partial charge in [0.2, 0.25) is 0 Å². The number of carbonyl (C=O) groups is 1. The summed E-state index contributed by atoms with van der Waals surface area (Å²) in [5, 5.41) is 2.43. The predicted molar refractivity (Wildman–Crippen MR) is 106 cm³/mol. The number of anilines is 2. The number of rotatable bonds is 6. The number of benzene rings is 2. The summed E-state index contributed by atoms with van der Waals surface area (Å²) in [6.07, 6.45) is 1.45. The van der Waals surface area contributed by atoms with Crippen molar-refractivity contribution in [1.29, 1.82) is 0 Å². The van der Waals surface area contributed by atoms with Gasteiger partial charge in [0.15, 0.2) is 0 Å². The first-order chi connectivity index (χ1) is 13.4. The number of halogens is 2. The van der Waals surface area contributed by atoms with E-state index >= 15 is 0 Å². The molecule has 1 heterocycles. The zero-order valence-electron chi connectivity index (χ0n) is 15.7. The molecule has 0 radical (unpaired) electrons. The van der Waals surface area contributed by atoms with Gasteiger partial charge in [-0.2, -0.15) is 0 Å². The van der Waals surface area contributed by atoms with Crippen molar-refractivity contribution in [1.82, 2.24) is 4.98 Å². The Bertz CT molecular complexity index is 944. The summed E-state index contributed by atoms with van der Waals surface area (Å²) in [6.45, 7) is 4.84. The Labute approximate surface area is 162 Å². The summed E-state index contributed by atoms with van der Waals surface area (Å²) in [5.74, 6) is -1.30. The maximum atomic E-state index is 13.7. The van der Waals surface area contributed by atoms with Crippen LogP contribution in [0.15, 0.2) is 66.9 Å². The minimum Gasteiger partial charge on any atom is -0.350 e. The standard InChI is InChI=1S/C22H21F2N3O/c1-15(2)27(14-16-6-4-3-5-7-16)21-11-8-17(13-25-21)22(28)26-20-10-9-18(23)12-19(20)24/h3-13,15H,14H2,1-2H3,(H,26,28). The molecule has 3 rings (SSSR count). The van der Waals surface area contributed by atoms with Crippen molar-refractivity contribution in [2.24, 2.45) is 0 Å². The SMILES string of the molecule is CC(C)N(Cc1ccccc1)c1ccc(C(=O)Nc2ccc(F)cc2F)cn1. The molecule has 0 aliphatic heterocycles. The minimum absolute atomic E-state index is 0.0802. The van der Waals surface area contributed by atoms with Gasteiger partial charge in [-0.15, -0.1) is 0 Å². The summed E-state index contributed by atoms with van der Waals surface area (Å²) in [4.78, 5) is 18.9. The lowest BCUT2D eigenvalue weighted by atomic mass is 10.2. The summed E-state index contributed by atoms with van der Waals surface area (Å²) in [7, 11) is 0. The minimum atomic E-state index is -0.827. The number of nitrogens with zero attached hydrogens (tertiary/aromatic N) is 2. The summed E-state index contributed by atoms with van der Waals surface area (Å²) in [5.41, 5.74) is 1.37. The van der Waals surface area contributed by atoms with Gasteiger partial charge in [-0.05, 0) is 43.7 Å². The van der Waals surface area contributed by atoms with Gasteiger partial charge in [-0.25, -0.2) is 13.8 Å². The van der Waals surface area contributed by atoms with E-state index < -0.39 is 17.5 Å². The zero-order valence-corrected chi connectivity index (χ0v) is 15.7. The lowest BCUT2D eigenvalue weighted by molar-refractivity contribution is 0.102. The van der Waals surface area contributed by atoms with Crippen LogP contribution in [0.25, 0.3) is 0 Å². The van der Waals surface area contributed by atoms with Crippen LogP contribution in [-0.4, -0.2) is 16.9 Å². The topological polar surface area (TPSA) is 45.2 Å². The fourth-order valence-corrected chi connectivity index (χ4v) is 2.78. The van der Waals surface area contributed by atoms with Crippen LogP contribution in [0, 0.1) is 11.6 Å². The van der Waals surface area contributed by atoms with Gasteiger partial charge in [-0.3, -0.25) is 4.79 Å². The number of hydrogen-bond donors (Lipinski definition) is 1.